The molecule has 2 unspecified atom stereocenters. The third kappa shape index (κ3) is 15.8. The average Bonchev–Trinajstić information content (AvgIpc) is 2.83. The van der Waals surface area contributed by atoms with Gasteiger partial charge in [0, 0.05) is 31.3 Å². The van der Waals surface area contributed by atoms with E-state index in [1.165, 1.54) is 0 Å². The minimum absolute atomic E-state index is 0.0328. The van der Waals surface area contributed by atoms with E-state index in [4.69, 9.17) is 5.73 Å². The molecule has 5 amide bonds. The Bertz CT molecular complexity index is 760. The lowest BCUT2D eigenvalue weighted by atomic mass is 9.96. The summed E-state index contributed by atoms with van der Waals surface area (Å²) in [5, 5.41) is 11.2. The van der Waals surface area contributed by atoms with Crippen molar-refractivity contribution in [2.24, 2.45) is 23.5 Å². The van der Waals surface area contributed by atoms with Gasteiger partial charge in [-0.05, 0) is 49.7 Å². The van der Waals surface area contributed by atoms with Gasteiger partial charge in [-0.3, -0.25) is 19.2 Å². The van der Waals surface area contributed by atoms with Gasteiger partial charge >= 0.3 is 6.03 Å². The van der Waals surface area contributed by atoms with E-state index in [9.17, 15) is 24.0 Å². The highest BCUT2D eigenvalue weighted by molar-refractivity contribution is 7.80. The molecule has 0 aromatic rings. The van der Waals surface area contributed by atoms with Gasteiger partial charge in [-0.15, -0.1) is 0 Å². The number of urea groups is 1. The smallest absolute Gasteiger partial charge is 0.312 e. The molecule has 0 spiro atoms. The van der Waals surface area contributed by atoms with E-state index >= 15 is 0 Å². The number of primary amides is 1. The second kappa shape index (κ2) is 19.7. The van der Waals surface area contributed by atoms with Gasteiger partial charge in [-0.2, -0.15) is 12.6 Å². The number of thiol groups is 1. The first-order chi connectivity index (χ1) is 17.8. The van der Waals surface area contributed by atoms with Crippen LogP contribution >= 0.6 is 12.6 Å². The number of carbonyl (C=O) groups is 5. The number of rotatable bonds is 20. The summed E-state index contributed by atoms with van der Waals surface area (Å²) in [4.78, 5) is 61.3. The molecule has 0 heterocycles. The molecule has 0 rings (SSSR count). The SMILES string of the molecule is CCC(CC(C)S)C(=O)NCCCCCC(=O)N[C@H](C(=O)N[C@@H](CCCNC(N)=O)C(=O)C(C)C)C(C)C. The summed E-state index contributed by atoms with van der Waals surface area (Å²) >= 11 is 4.37. The van der Waals surface area contributed by atoms with Crippen LogP contribution in [0.5, 0.6) is 0 Å². The van der Waals surface area contributed by atoms with E-state index in [-0.39, 0.29) is 47.0 Å². The maximum atomic E-state index is 13.0. The summed E-state index contributed by atoms with van der Waals surface area (Å²) < 4.78 is 0. The van der Waals surface area contributed by atoms with Gasteiger partial charge in [-0.1, -0.05) is 48.0 Å². The zero-order valence-corrected chi connectivity index (χ0v) is 25.0. The van der Waals surface area contributed by atoms with Crippen molar-refractivity contribution in [1.82, 2.24) is 21.3 Å². The summed E-state index contributed by atoms with van der Waals surface area (Å²) in [6.07, 6.45) is 4.80. The quantitative estimate of drug-likeness (QED) is 0.100. The van der Waals surface area contributed by atoms with Gasteiger partial charge in [-0.25, -0.2) is 4.79 Å². The van der Waals surface area contributed by atoms with Gasteiger partial charge in [0.1, 0.15) is 6.04 Å². The monoisotopic (exact) mass is 557 g/mol. The maximum absolute atomic E-state index is 13.0. The molecule has 11 heteroatoms. The highest BCUT2D eigenvalue weighted by Crippen LogP contribution is 2.15. The van der Waals surface area contributed by atoms with Gasteiger partial charge in [0.05, 0.1) is 6.04 Å². The highest BCUT2D eigenvalue weighted by Gasteiger charge is 2.29. The Hall–Kier alpha value is -2.30. The molecule has 0 saturated heterocycles. The number of ketones is 1. The minimum atomic E-state index is -0.770. The van der Waals surface area contributed by atoms with Gasteiger partial charge in [0.2, 0.25) is 17.7 Å². The fraction of sp³-hybridized carbons (Fsp3) is 0.815. The third-order valence-corrected chi connectivity index (χ3v) is 6.54. The molecule has 0 aromatic carbocycles. The van der Waals surface area contributed by atoms with Crippen molar-refractivity contribution >= 4 is 42.2 Å². The lowest BCUT2D eigenvalue weighted by Gasteiger charge is -2.26. The van der Waals surface area contributed by atoms with Crippen LogP contribution in [0.15, 0.2) is 0 Å². The van der Waals surface area contributed by atoms with E-state index < -0.39 is 24.0 Å². The number of nitrogens with one attached hydrogen (secondary N) is 4. The van der Waals surface area contributed by atoms with Crippen LogP contribution in [0.4, 0.5) is 4.79 Å². The highest BCUT2D eigenvalue weighted by atomic mass is 32.1. The summed E-state index contributed by atoms with van der Waals surface area (Å²) in [5.74, 6) is -1.17. The van der Waals surface area contributed by atoms with Crippen molar-refractivity contribution in [3.05, 3.63) is 0 Å². The Morgan fingerprint density at radius 1 is 0.816 bits per heavy atom. The third-order valence-electron chi connectivity index (χ3n) is 6.33. The Kier molecular flexibility index (Phi) is 18.5. The molecule has 6 N–H and O–H groups in total. The van der Waals surface area contributed by atoms with Gasteiger partial charge in [0.15, 0.2) is 5.78 Å². The molecule has 0 fully saturated rings. The fourth-order valence-electron chi connectivity index (χ4n) is 4.06. The molecule has 10 nitrogen and oxygen atoms in total. The van der Waals surface area contributed by atoms with E-state index in [1.54, 1.807) is 13.8 Å². The van der Waals surface area contributed by atoms with Gasteiger partial charge in [0.25, 0.3) is 0 Å². The molecule has 0 saturated carbocycles. The average molecular weight is 558 g/mol. The largest absolute Gasteiger partial charge is 0.356 e. The standard InChI is InChI=1S/C27H51N5O5S/c1-7-20(16-19(6)38)25(35)29-14-10-8-9-13-22(33)32-23(17(2)3)26(36)31-21(24(34)18(4)5)12-11-15-30-27(28)37/h17-21,23,38H,7-16H2,1-6H3,(H,29,35)(H,31,36)(H,32,33)(H3,28,30,37)/t19?,20?,21-,23-/m0/s1. The first-order valence-electron chi connectivity index (χ1n) is 13.9. The predicted molar refractivity (Wildman–Crippen MR) is 154 cm³/mol. The van der Waals surface area contributed by atoms with Gasteiger partial charge < -0.3 is 27.0 Å². The number of nitrogens with two attached hydrogens (primary N) is 1. The molecule has 0 radical (unpaired) electrons. The van der Waals surface area contributed by atoms with Crippen LogP contribution in [0.1, 0.15) is 92.9 Å². The molecule has 0 aliphatic heterocycles. The molecule has 4 atom stereocenters. The molecular formula is C27H51N5O5S. The van der Waals surface area contributed by atoms with E-state index in [1.807, 2.05) is 27.7 Å². The predicted octanol–water partition coefficient (Wildman–Crippen LogP) is 2.70. The van der Waals surface area contributed by atoms with Crippen LogP contribution in [0.25, 0.3) is 0 Å². The molecule has 0 aliphatic rings. The van der Waals surface area contributed by atoms with E-state index in [2.05, 4.69) is 33.9 Å². The Morgan fingerprint density at radius 3 is 1.97 bits per heavy atom. The molecule has 0 aromatic heterocycles. The number of Topliss-reactive ketones (excluding diaryl/α,β-unsaturated/α-hetero) is 1. The fourth-order valence-corrected chi connectivity index (χ4v) is 4.32. The first-order valence-corrected chi connectivity index (χ1v) is 14.4. The number of hydrogen-bond donors (Lipinski definition) is 6. The van der Waals surface area contributed by atoms with Crippen LogP contribution in [-0.4, -0.2) is 60.0 Å². The molecule has 38 heavy (non-hydrogen) atoms. The van der Waals surface area contributed by atoms with Crippen molar-refractivity contribution in [3.63, 3.8) is 0 Å². The Balaban J connectivity index is 4.66. The first kappa shape index (κ1) is 35.7. The Morgan fingerprint density at radius 2 is 1.45 bits per heavy atom. The van der Waals surface area contributed by atoms with Crippen LogP contribution in [-0.2, 0) is 19.2 Å². The van der Waals surface area contributed by atoms with Crippen molar-refractivity contribution in [2.75, 3.05) is 13.1 Å². The zero-order chi connectivity index (χ0) is 29.3. The van der Waals surface area contributed by atoms with E-state index in [0.29, 0.717) is 32.4 Å². The molecular weight excluding hydrogens is 506 g/mol. The number of unbranched alkanes of at least 4 members (excludes halogenated alkanes) is 2. The second-order valence-corrected chi connectivity index (χ2v) is 11.5. The van der Waals surface area contributed by atoms with E-state index in [0.717, 1.165) is 25.7 Å². The van der Waals surface area contributed by atoms with Crippen molar-refractivity contribution in [1.29, 1.82) is 0 Å². The lowest BCUT2D eigenvalue weighted by Crippen LogP contribution is -2.54. The number of hydrogen-bond acceptors (Lipinski definition) is 6. The second-order valence-electron chi connectivity index (χ2n) is 10.6. The summed E-state index contributed by atoms with van der Waals surface area (Å²) in [7, 11) is 0. The summed E-state index contributed by atoms with van der Waals surface area (Å²) in [5.41, 5.74) is 5.07. The minimum Gasteiger partial charge on any atom is -0.356 e. The number of amides is 5. The molecule has 220 valence electrons. The van der Waals surface area contributed by atoms with Crippen molar-refractivity contribution in [2.45, 2.75) is 110 Å². The molecule has 0 bridgehead atoms. The van der Waals surface area contributed by atoms with Crippen molar-refractivity contribution in [3.8, 4) is 0 Å². The summed E-state index contributed by atoms with van der Waals surface area (Å²) in [6, 6.07) is -2.13. The van der Waals surface area contributed by atoms with Crippen LogP contribution in [0.2, 0.25) is 0 Å². The number of carbonyl (C=O) groups excluding carboxylic acids is 5. The van der Waals surface area contributed by atoms with Crippen LogP contribution in [0.3, 0.4) is 0 Å². The van der Waals surface area contributed by atoms with Crippen molar-refractivity contribution < 1.29 is 24.0 Å². The summed E-state index contributed by atoms with van der Waals surface area (Å²) in [6.45, 7) is 12.0. The van der Waals surface area contributed by atoms with Crippen LogP contribution < -0.4 is 27.0 Å². The maximum Gasteiger partial charge on any atom is 0.312 e. The zero-order valence-electron chi connectivity index (χ0n) is 24.1. The normalized spacial score (nSPS) is 14.3. The Labute approximate surface area is 234 Å². The lowest BCUT2D eigenvalue weighted by molar-refractivity contribution is -0.133. The van der Waals surface area contributed by atoms with Crippen LogP contribution in [0, 0.1) is 17.8 Å². The molecule has 0 aliphatic carbocycles. The topological polar surface area (TPSA) is 159 Å².